The van der Waals surface area contributed by atoms with Crippen molar-refractivity contribution in [2.24, 2.45) is 0 Å². The van der Waals surface area contributed by atoms with Crippen LogP contribution in [0.25, 0.3) is 0 Å². The summed E-state index contributed by atoms with van der Waals surface area (Å²) < 4.78 is 28.8. The molecule has 0 radical (unpaired) electrons. The van der Waals surface area contributed by atoms with Crippen molar-refractivity contribution in [2.75, 3.05) is 13.3 Å². The second kappa shape index (κ2) is 15.2. The third-order valence-corrected chi connectivity index (χ3v) is 2.60. The molecular formula is C11H17AuF3P. The summed E-state index contributed by atoms with van der Waals surface area (Å²) in [7, 11) is 0.104. The first kappa shape index (κ1) is 25.1. The summed E-state index contributed by atoms with van der Waals surface area (Å²) in [6.07, 6.45) is 0. The maximum Gasteiger partial charge on any atom is 3.00 e. The standard InChI is InChI=1S/C8H11P.CF3.2CH3.Au/c1-9(2)8-6-4-3-5-7-8;2-1(3)4;;;/h3-7H,1-2H3;;2*1H3;/q;3*-1;+3. The maximum absolute atomic E-state index is 9.58. The van der Waals surface area contributed by atoms with Crippen molar-refractivity contribution >= 4 is 13.2 Å². The molecule has 0 aliphatic rings. The molecule has 0 unspecified atom stereocenters. The van der Waals surface area contributed by atoms with Crippen LogP contribution < -0.4 is 5.30 Å². The molecule has 0 spiro atoms. The number of benzene rings is 1. The summed E-state index contributed by atoms with van der Waals surface area (Å²) in [5.41, 5.74) is 0. The van der Waals surface area contributed by atoms with Gasteiger partial charge in [-0.2, -0.15) is 0 Å². The molecule has 0 aromatic heterocycles. The van der Waals surface area contributed by atoms with Gasteiger partial charge in [-0.05, 0) is 18.6 Å². The molecular weight excluding hydrogens is 417 g/mol. The van der Waals surface area contributed by atoms with Gasteiger partial charge in [0.15, 0.2) is 6.68 Å². The molecule has 0 saturated heterocycles. The van der Waals surface area contributed by atoms with Crippen molar-refractivity contribution in [1.82, 2.24) is 0 Å². The van der Waals surface area contributed by atoms with Crippen LogP contribution in [-0.2, 0) is 22.4 Å². The quantitative estimate of drug-likeness (QED) is 0.352. The predicted octanol–water partition coefficient (Wildman–Crippen LogP) is 4.29. The van der Waals surface area contributed by atoms with Gasteiger partial charge in [0.2, 0.25) is 0 Å². The molecule has 1 aromatic rings. The summed E-state index contributed by atoms with van der Waals surface area (Å²) in [4.78, 5) is 0. The molecule has 98 valence electrons. The van der Waals surface area contributed by atoms with E-state index < -0.39 is 6.68 Å². The van der Waals surface area contributed by atoms with E-state index in [4.69, 9.17) is 0 Å². The van der Waals surface area contributed by atoms with Crippen molar-refractivity contribution < 1.29 is 35.6 Å². The molecule has 16 heavy (non-hydrogen) atoms. The maximum atomic E-state index is 9.58. The van der Waals surface area contributed by atoms with Crippen LogP contribution in [0.5, 0.6) is 0 Å². The number of rotatable bonds is 1. The van der Waals surface area contributed by atoms with Gasteiger partial charge in [0.1, 0.15) is 0 Å². The Bertz CT molecular complexity index is 215. The average Bonchev–Trinajstić information content (AvgIpc) is 2.05. The molecule has 0 N–H and O–H groups in total. The first-order chi connectivity index (χ1) is 6.04. The van der Waals surface area contributed by atoms with Gasteiger partial charge >= 0.3 is 22.4 Å². The summed E-state index contributed by atoms with van der Waals surface area (Å²) in [6, 6.07) is 10.6. The Hall–Kier alpha value is 0.180. The zero-order chi connectivity index (χ0) is 10.3. The Balaban J connectivity index is -0.0000000921. The second-order valence-corrected chi connectivity index (χ2v) is 4.75. The summed E-state index contributed by atoms with van der Waals surface area (Å²) in [5.74, 6) is 0. The average molecular weight is 434 g/mol. The van der Waals surface area contributed by atoms with E-state index in [0.29, 0.717) is 0 Å². The fourth-order valence-corrected chi connectivity index (χ4v) is 1.49. The normalized spacial score (nSPS) is 7.94. The van der Waals surface area contributed by atoms with Crippen LogP contribution in [0.2, 0.25) is 0 Å². The van der Waals surface area contributed by atoms with Gasteiger partial charge < -0.3 is 28.0 Å². The van der Waals surface area contributed by atoms with Crippen LogP contribution in [0.1, 0.15) is 0 Å². The van der Waals surface area contributed by atoms with E-state index in [1.54, 1.807) is 0 Å². The Morgan fingerprint density at radius 2 is 1.25 bits per heavy atom. The minimum Gasteiger partial charge on any atom is -0.385 e. The van der Waals surface area contributed by atoms with Crippen LogP contribution >= 0.6 is 7.92 Å². The first-order valence-corrected chi connectivity index (χ1v) is 5.83. The number of halogens is 3. The van der Waals surface area contributed by atoms with Gasteiger partial charge in [0.25, 0.3) is 0 Å². The van der Waals surface area contributed by atoms with E-state index >= 15 is 0 Å². The van der Waals surface area contributed by atoms with Gasteiger partial charge in [-0.15, -0.1) is 0 Å². The summed E-state index contributed by atoms with van der Waals surface area (Å²) >= 11 is 0. The van der Waals surface area contributed by atoms with E-state index in [9.17, 15) is 13.2 Å². The Morgan fingerprint density at radius 1 is 0.938 bits per heavy atom. The van der Waals surface area contributed by atoms with Crippen LogP contribution in [0.15, 0.2) is 30.3 Å². The van der Waals surface area contributed by atoms with Gasteiger partial charge in [-0.1, -0.05) is 38.3 Å². The molecule has 0 nitrogen and oxygen atoms in total. The van der Waals surface area contributed by atoms with Crippen molar-refractivity contribution in [3.8, 4) is 0 Å². The molecule has 0 aliphatic carbocycles. The van der Waals surface area contributed by atoms with Gasteiger partial charge in [0.05, 0.1) is 0 Å². The Morgan fingerprint density at radius 3 is 1.44 bits per heavy atom. The fraction of sp³-hybridized carbons (Fsp3) is 0.182. The fourth-order valence-electron chi connectivity index (χ4n) is 0.726. The van der Waals surface area contributed by atoms with E-state index in [2.05, 4.69) is 43.7 Å². The zero-order valence-corrected chi connectivity index (χ0v) is 12.8. The first-order valence-electron chi connectivity index (χ1n) is 3.60. The molecule has 0 atom stereocenters. The van der Waals surface area contributed by atoms with Crippen LogP contribution in [0, 0.1) is 21.5 Å². The molecule has 0 heterocycles. The minimum absolute atomic E-state index is 0. The molecule has 0 amide bonds. The smallest absolute Gasteiger partial charge is 0.385 e. The molecule has 1 rings (SSSR count). The monoisotopic (exact) mass is 434 g/mol. The topological polar surface area (TPSA) is 0 Å². The molecule has 0 saturated carbocycles. The molecule has 5 heteroatoms. The molecule has 0 aliphatic heterocycles. The van der Waals surface area contributed by atoms with Crippen LogP contribution in [0.3, 0.4) is 0 Å². The predicted molar refractivity (Wildman–Crippen MR) is 64.2 cm³/mol. The third-order valence-electron chi connectivity index (χ3n) is 1.27. The molecule has 0 fully saturated rings. The Labute approximate surface area is 114 Å². The van der Waals surface area contributed by atoms with E-state index in [-0.39, 0.29) is 45.2 Å². The molecule has 1 aromatic carbocycles. The molecule has 0 bridgehead atoms. The van der Waals surface area contributed by atoms with Crippen LogP contribution in [-0.4, -0.2) is 13.3 Å². The van der Waals surface area contributed by atoms with Gasteiger partial charge in [0, 0.05) is 0 Å². The number of hydrogen-bond donors (Lipinski definition) is 0. The van der Waals surface area contributed by atoms with Crippen molar-refractivity contribution in [2.45, 2.75) is 0 Å². The van der Waals surface area contributed by atoms with E-state index in [1.165, 1.54) is 5.30 Å². The SMILES string of the molecule is CP(C)c1ccccc1.F[C-](F)F.[Au+3].[CH3-].[CH3-]. The van der Waals surface area contributed by atoms with Gasteiger partial charge in [-0.25, -0.2) is 0 Å². The number of hydrogen-bond acceptors (Lipinski definition) is 0. The minimum atomic E-state index is -3.08. The van der Waals surface area contributed by atoms with Crippen molar-refractivity contribution in [1.29, 1.82) is 0 Å². The second-order valence-electron chi connectivity index (χ2n) is 2.44. The Kier molecular flexibility index (Phi) is 23.8. The van der Waals surface area contributed by atoms with E-state index in [0.717, 1.165) is 0 Å². The zero-order valence-electron chi connectivity index (χ0n) is 9.77. The summed E-state index contributed by atoms with van der Waals surface area (Å²) in [5, 5.41) is 1.48. The van der Waals surface area contributed by atoms with E-state index in [1.807, 2.05) is 0 Å². The van der Waals surface area contributed by atoms with Crippen molar-refractivity contribution in [3.63, 3.8) is 0 Å². The van der Waals surface area contributed by atoms with Crippen molar-refractivity contribution in [3.05, 3.63) is 51.9 Å². The van der Waals surface area contributed by atoms with Crippen LogP contribution in [0.4, 0.5) is 13.2 Å². The summed E-state index contributed by atoms with van der Waals surface area (Å²) in [6.45, 7) is 1.45. The van der Waals surface area contributed by atoms with Gasteiger partial charge in [-0.3, -0.25) is 0 Å². The third kappa shape index (κ3) is 16.6. The largest absolute Gasteiger partial charge is 3.00 e.